The van der Waals surface area contributed by atoms with Crippen molar-refractivity contribution in [3.05, 3.63) is 60.2 Å². The topological polar surface area (TPSA) is 62.3 Å². The van der Waals surface area contributed by atoms with Crippen molar-refractivity contribution < 1.29 is 12.8 Å². The molecule has 0 radical (unpaired) electrons. The van der Waals surface area contributed by atoms with Crippen LogP contribution in [0.3, 0.4) is 0 Å². The number of pyridine rings is 1. The van der Waals surface area contributed by atoms with Crippen molar-refractivity contribution in [2.24, 2.45) is 0 Å². The molecule has 1 fully saturated rings. The zero-order valence-electron chi connectivity index (χ0n) is 11.8. The van der Waals surface area contributed by atoms with Crippen molar-refractivity contribution in [3.8, 4) is 0 Å². The quantitative estimate of drug-likeness (QED) is 0.932. The van der Waals surface area contributed by atoms with E-state index in [0.717, 1.165) is 11.6 Å². The first kappa shape index (κ1) is 15.1. The molecule has 5 nitrogen and oxygen atoms in total. The Morgan fingerprint density at radius 3 is 2.86 bits per heavy atom. The van der Waals surface area contributed by atoms with Crippen molar-refractivity contribution in [1.82, 2.24) is 14.6 Å². The van der Waals surface area contributed by atoms with Gasteiger partial charge in [0.25, 0.3) is 0 Å². The summed E-state index contributed by atoms with van der Waals surface area (Å²) in [6.07, 6.45) is 3.30. The Labute approximate surface area is 128 Å². The molecule has 0 spiro atoms. The fourth-order valence-corrected chi connectivity index (χ4v) is 4.24. The van der Waals surface area contributed by atoms with Gasteiger partial charge >= 0.3 is 0 Å². The fourth-order valence-electron chi connectivity index (χ4n) is 2.59. The van der Waals surface area contributed by atoms with Gasteiger partial charge < -0.3 is 5.32 Å². The van der Waals surface area contributed by atoms with Gasteiger partial charge in [-0.15, -0.1) is 0 Å². The lowest BCUT2D eigenvalue weighted by Gasteiger charge is -2.35. The maximum Gasteiger partial charge on any atom is 0.243 e. The van der Waals surface area contributed by atoms with Gasteiger partial charge in [-0.3, -0.25) is 4.98 Å². The van der Waals surface area contributed by atoms with Gasteiger partial charge in [-0.25, -0.2) is 12.8 Å². The number of nitrogens with zero attached hydrogens (tertiary/aromatic N) is 2. The first-order valence-electron chi connectivity index (χ1n) is 6.97. The molecule has 116 valence electrons. The van der Waals surface area contributed by atoms with Crippen molar-refractivity contribution in [2.75, 3.05) is 19.6 Å². The summed E-state index contributed by atoms with van der Waals surface area (Å²) in [6.45, 7) is 1.39. The summed E-state index contributed by atoms with van der Waals surface area (Å²) in [7, 11) is -3.76. The normalized spacial score (nSPS) is 20.0. The minimum atomic E-state index is -3.76. The SMILES string of the molecule is O=S(=O)(c1cccc(F)c1)N1CCNCC1c1cccnc1. The number of hydrogen-bond acceptors (Lipinski definition) is 4. The van der Waals surface area contributed by atoms with Crippen LogP contribution in [0.25, 0.3) is 0 Å². The molecular formula is C15H16FN3O2S. The van der Waals surface area contributed by atoms with E-state index < -0.39 is 15.8 Å². The summed E-state index contributed by atoms with van der Waals surface area (Å²) in [5.74, 6) is -0.561. The molecule has 1 unspecified atom stereocenters. The zero-order chi connectivity index (χ0) is 15.6. The Morgan fingerprint density at radius 2 is 2.14 bits per heavy atom. The van der Waals surface area contributed by atoms with Crippen molar-refractivity contribution in [2.45, 2.75) is 10.9 Å². The minimum Gasteiger partial charge on any atom is -0.313 e. The van der Waals surface area contributed by atoms with E-state index in [2.05, 4.69) is 10.3 Å². The highest BCUT2D eigenvalue weighted by Gasteiger charge is 2.34. The van der Waals surface area contributed by atoms with Crippen molar-refractivity contribution in [1.29, 1.82) is 0 Å². The zero-order valence-corrected chi connectivity index (χ0v) is 12.6. The lowest BCUT2D eigenvalue weighted by Crippen LogP contribution is -2.48. The van der Waals surface area contributed by atoms with Gasteiger partial charge in [0.05, 0.1) is 10.9 Å². The summed E-state index contributed by atoms with van der Waals surface area (Å²) in [5.41, 5.74) is 0.815. The predicted octanol–water partition coefficient (Wildman–Crippen LogP) is 1.56. The largest absolute Gasteiger partial charge is 0.313 e. The highest BCUT2D eigenvalue weighted by molar-refractivity contribution is 7.89. The number of nitrogens with one attached hydrogen (secondary N) is 1. The third-order valence-electron chi connectivity index (χ3n) is 3.67. The Kier molecular flexibility index (Phi) is 4.19. The van der Waals surface area contributed by atoms with Gasteiger partial charge in [-0.2, -0.15) is 4.31 Å². The number of sulfonamides is 1. The van der Waals surface area contributed by atoms with Crippen LogP contribution in [0.5, 0.6) is 0 Å². The predicted molar refractivity (Wildman–Crippen MR) is 80.1 cm³/mol. The molecule has 1 aromatic carbocycles. The van der Waals surface area contributed by atoms with E-state index in [1.165, 1.54) is 22.5 Å². The second-order valence-electron chi connectivity index (χ2n) is 5.08. The second kappa shape index (κ2) is 6.12. The molecule has 0 saturated carbocycles. The number of halogens is 1. The smallest absolute Gasteiger partial charge is 0.243 e. The van der Waals surface area contributed by atoms with Crippen LogP contribution in [-0.4, -0.2) is 37.3 Å². The summed E-state index contributed by atoms with van der Waals surface area (Å²) in [6, 6.07) is 8.38. The minimum absolute atomic E-state index is 0.0247. The van der Waals surface area contributed by atoms with Gasteiger partial charge in [0.2, 0.25) is 10.0 Å². The number of benzene rings is 1. The van der Waals surface area contributed by atoms with Crippen LogP contribution >= 0.6 is 0 Å². The Balaban J connectivity index is 2.00. The molecular weight excluding hydrogens is 305 g/mol. The van der Waals surface area contributed by atoms with E-state index in [4.69, 9.17) is 0 Å². The summed E-state index contributed by atoms with van der Waals surface area (Å²) in [5, 5.41) is 3.19. The van der Waals surface area contributed by atoms with Gasteiger partial charge in [0.15, 0.2) is 0 Å². The molecule has 1 aliphatic rings. The number of hydrogen-bond donors (Lipinski definition) is 1. The van der Waals surface area contributed by atoms with E-state index in [1.54, 1.807) is 18.5 Å². The third kappa shape index (κ3) is 2.87. The van der Waals surface area contributed by atoms with Gasteiger partial charge in [-0.1, -0.05) is 12.1 Å². The maximum absolute atomic E-state index is 13.4. The number of rotatable bonds is 3. The van der Waals surface area contributed by atoms with E-state index in [0.29, 0.717) is 19.6 Å². The first-order chi connectivity index (χ1) is 10.6. The lowest BCUT2D eigenvalue weighted by molar-refractivity contribution is 0.271. The van der Waals surface area contributed by atoms with Gasteiger partial charge in [0.1, 0.15) is 5.82 Å². The molecule has 1 saturated heterocycles. The van der Waals surface area contributed by atoms with Crippen LogP contribution in [0, 0.1) is 5.82 Å². The van der Waals surface area contributed by atoms with Gasteiger partial charge in [-0.05, 0) is 29.8 Å². The molecule has 1 aliphatic heterocycles. The standard InChI is InChI=1S/C15H16FN3O2S/c16-13-4-1-5-14(9-13)22(20,21)19-8-7-18-11-15(19)12-3-2-6-17-10-12/h1-6,9-10,15,18H,7-8,11H2. The average Bonchev–Trinajstić information content (AvgIpc) is 2.56. The fraction of sp³-hybridized carbons (Fsp3) is 0.267. The van der Waals surface area contributed by atoms with Crippen molar-refractivity contribution in [3.63, 3.8) is 0 Å². The van der Waals surface area contributed by atoms with Crippen LogP contribution in [0.4, 0.5) is 4.39 Å². The summed E-state index contributed by atoms with van der Waals surface area (Å²) < 4.78 is 40.5. The molecule has 1 aromatic heterocycles. The molecule has 1 atom stereocenters. The summed E-state index contributed by atoms with van der Waals surface area (Å²) in [4.78, 5) is 4.03. The Hall–Kier alpha value is -1.83. The molecule has 1 N–H and O–H groups in total. The molecule has 2 aromatic rings. The monoisotopic (exact) mass is 321 g/mol. The van der Waals surface area contributed by atoms with Crippen LogP contribution in [0.15, 0.2) is 53.7 Å². The highest BCUT2D eigenvalue weighted by atomic mass is 32.2. The first-order valence-corrected chi connectivity index (χ1v) is 8.41. The second-order valence-corrected chi connectivity index (χ2v) is 6.97. The Bertz CT molecular complexity index is 752. The molecule has 0 aliphatic carbocycles. The lowest BCUT2D eigenvalue weighted by atomic mass is 10.1. The number of piperazine rings is 1. The summed E-state index contributed by atoms with van der Waals surface area (Å²) >= 11 is 0. The van der Waals surface area contributed by atoms with Crippen LogP contribution < -0.4 is 5.32 Å². The van der Waals surface area contributed by atoms with Crippen molar-refractivity contribution >= 4 is 10.0 Å². The van der Waals surface area contributed by atoms with Gasteiger partial charge in [0, 0.05) is 32.0 Å². The molecule has 22 heavy (non-hydrogen) atoms. The third-order valence-corrected chi connectivity index (χ3v) is 5.57. The molecule has 2 heterocycles. The number of aromatic nitrogens is 1. The average molecular weight is 321 g/mol. The van der Waals surface area contributed by atoms with Crippen LogP contribution in [0.1, 0.15) is 11.6 Å². The molecule has 3 rings (SSSR count). The highest BCUT2D eigenvalue weighted by Crippen LogP contribution is 2.28. The molecule has 0 amide bonds. The van der Waals surface area contributed by atoms with E-state index >= 15 is 0 Å². The van der Waals surface area contributed by atoms with E-state index in [9.17, 15) is 12.8 Å². The molecule has 0 bridgehead atoms. The van der Waals surface area contributed by atoms with E-state index in [-0.39, 0.29) is 10.9 Å². The van der Waals surface area contributed by atoms with Crippen LogP contribution in [-0.2, 0) is 10.0 Å². The molecule has 7 heteroatoms. The van der Waals surface area contributed by atoms with Crippen LogP contribution in [0.2, 0.25) is 0 Å². The Morgan fingerprint density at radius 1 is 1.27 bits per heavy atom. The maximum atomic E-state index is 13.4. The van der Waals surface area contributed by atoms with E-state index in [1.807, 2.05) is 6.07 Å².